The van der Waals surface area contributed by atoms with Crippen molar-refractivity contribution >= 4 is 35.6 Å². The molecule has 0 unspecified atom stereocenters. The highest BCUT2D eigenvalue weighted by Gasteiger charge is 2.15. The van der Waals surface area contributed by atoms with Gasteiger partial charge in [0, 0.05) is 37.6 Å². The summed E-state index contributed by atoms with van der Waals surface area (Å²) in [6, 6.07) is 14.1. The third-order valence-corrected chi connectivity index (χ3v) is 4.46. The maximum Gasteiger partial charge on any atom is 0.218 e. The number of methoxy groups -OCH3 is 1. The summed E-state index contributed by atoms with van der Waals surface area (Å²) in [6.45, 7) is 3.59. The predicted molar refractivity (Wildman–Crippen MR) is 124 cm³/mol. The second-order valence-corrected chi connectivity index (χ2v) is 6.49. The number of para-hydroxylation sites is 1. The molecule has 152 valence electrons. The summed E-state index contributed by atoms with van der Waals surface area (Å²) in [5, 5.41) is 3.49. The van der Waals surface area contributed by atoms with E-state index in [0.717, 1.165) is 30.3 Å². The molecule has 0 atom stereocenters. The Hall–Kier alpha value is -1.87. The van der Waals surface area contributed by atoms with Crippen LogP contribution in [0.5, 0.6) is 5.88 Å². The highest BCUT2D eigenvalue weighted by Crippen LogP contribution is 2.17. The van der Waals surface area contributed by atoms with Crippen molar-refractivity contribution in [1.82, 2.24) is 9.88 Å². The van der Waals surface area contributed by atoms with Crippen molar-refractivity contribution in [2.24, 2.45) is 4.99 Å². The van der Waals surface area contributed by atoms with Gasteiger partial charge < -0.3 is 19.7 Å². The van der Waals surface area contributed by atoms with Gasteiger partial charge in [0.05, 0.1) is 13.2 Å². The average Bonchev–Trinajstić information content (AvgIpc) is 2.73. The molecule has 0 radical (unpaired) electrons. The van der Waals surface area contributed by atoms with E-state index >= 15 is 0 Å². The molecule has 3 rings (SSSR count). The molecule has 0 aliphatic carbocycles. The number of piperidine rings is 1. The van der Waals surface area contributed by atoms with Crippen molar-refractivity contribution in [3.05, 3.63) is 54.2 Å². The summed E-state index contributed by atoms with van der Waals surface area (Å²) < 4.78 is 10.8. The van der Waals surface area contributed by atoms with E-state index in [4.69, 9.17) is 14.5 Å². The van der Waals surface area contributed by atoms with E-state index in [2.05, 4.69) is 27.3 Å². The standard InChI is InChI=1S/C21H28N4O2.HI/c1-26-15-16-27-20-18(9-8-12-22-20)17-23-21(25-13-6-3-7-14-25)24-19-10-4-2-5-11-19;/h2,4-5,8-12H,3,6-7,13-17H2,1H3,(H,23,24);1H. The number of aromatic nitrogens is 1. The lowest BCUT2D eigenvalue weighted by Crippen LogP contribution is -2.40. The van der Waals surface area contributed by atoms with Crippen molar-refractivity contribution in [3.63, 3.8) is 0 Å². The molecule has 2 aromatic rings. The summed E-state index contributed by atoms with van der Waals surface area (Å²) >= 11 is 0. The van der Waals surface area contributed by atoms with Gasteiger partial charge in [0.2, 0.25) is 5.88 Å². The number of pyridine rings is 1. The van der Waals surface area contributed by atoms with Crippen LogP contribution >= 0.6 is 24.0 Å². The number of anilines is 1. The number of ether oxygens (including phenoxy) is 2. The van der Waals surface area contributed by atoms with Crippen LogP contribution in [0.1, 0.15) is 24.8 Å². The Labute approximate surface area is 184 Å². The second kappa shape index (κ2) is 12.6. The number of nitrogens with zero attached hydrogens (tertiary/aromatic N) is 3. The minimum atomic E-state index is 0. The minimum absolute atomic E-state index is 0. The first-order chi connectivity index (χ1) is 13.4. The highest BCUT2D eigenvalue weighted by atomic mass is 127. The topological polar surface area (TPSA) is 59.0 Å². The lowest BCUT2D eigenvalue weighted by atomic mass is 10.1. The van der Waals surface area contributed by atoms with Gasteiger partial charge in [-0.1, -0.05) is 24.3 Å². The zero-order valence-electron chi connectivity index (χ0n) is 16.3. The monoisotopic (exact) mass is 496 g/mol. The lowest BCUT2D eigenvalue weighted by Gasteiger charge is -2.30. The van der Waals surface area contributed by atoms with Crippen LogP contribution in [0.15, 0.2) is 53.7 Å². The summed E-state index contributed by atoms with van der Waals surface area (Å²) in [7, 11) is 1.66. The van der Waals surface area contributed by atoms with Crippen LogP contribution in [0.2, 0.25) is 0 Å². The van der Waals surface area contributed by atoms with Crippen LogP contribution in [0.3, 0.4) is 0 Å². The number of hydrogen-bond donors (Lipinski definition) is 1. The molecule has 1 aliphatic heterocycles. The summed E-state index contributed by atoms with van der Waals surface area (Å²) in [5.41, 5.74) is 2.02. The molecule has 1 saturated heterocycles. The predicted octanol–water partition coefficient (Wildman–Crippen LogP) is 4.18. The fourth-order valence-electron chi connectivity index (χ4n) is 3.03. The van der Waals surface area contributed by atoms with Gasteiger partial charge >= 0.3 is 0 Å². The van der Waals surface area contributed by atoms with E-state index < -0.39 is 0 Å². The molecule has 1 aromatic heterocycles. The number of guanidine groups is 1. The SMILES string of the molecule is COCCOc1ncccc1CN=C(Nc1ccccc1)N1CCCCC1.I. The van der Waals surface area contributed by atoms with Gasteiger partial charge in [-0.25, -0.2) is 9.98 Å². The normalized spacial score (nSPS) is 14.3. The first-order valence-corrected chi connectivity index (χ1v) is 9.54. The Morgan fingerprint density at radius 3 is 2.61 bits per heavy atom. The smallest absolute Gasteiger partial charge is 0.218 e. The van der Waals surface area contributed by atoms with Crippen LogP contribution in [0, 0.1) is 0 Å². The van der Waals surface area contributed by atoms with Gasteiger partial charge in [-0.3, -0.25) is 0 Å². The van der Waals surface area contributed by atoms with Crippen LogP contribution < -0.4 is 10.1 Å². The third-order valence-electron chi connectivity index (χ3n) is 4.46. The molecule has 6 nitrogen and oxygen atoms in total. The molecule has 2 heterocycles. The van der Waals surface area contributed by atoms with Crippen molar-refractivity contribution in [2.45, 2.75) is 25.8 Å². The highest BCUT2D eigenvalue weighted by molar-refractivity contribution is 14.0. The van der Waals surface area contributed by atoms with E-state index in [1.54, 1.807) is 13.3 Å². The van der Waals surface area contributed by atoms with Crippen molar-refractivity contribution in [3.8, 4) is 5.88 Å². The third kappa shape index (κ3) is 6.94. The molecule has 1 N–H and O–H groups in total. The van der Waals surface area contributed by atoms with Crippen LogP contribution in [0.25, 0.3) is 0 Å². The average molecular weight is 496 g/mol. The maximum atomic E-state index is 5.73. The molecule has 0 saturated carbocycles. The zero-order chi connectivity index (χ0) is 18.7. The molecule has 1 fully saturated rings. The number of rotatable bonds is 7. The summed E-state index contributed by atoms with van der Waals surface area (Å²) in [4.78, 5) is 11.6. The zero-order valence-corrected chi connectivity index (χ0v) is 18.7. The Morgan fingerprint density at radius 1 is 1.07 bits per heavy atom. The number of nitrogens with one attached hydrogen (secondary N) is 1. The van der Waals surface area contributed by atoms with Gasteiger partial charge in [0.15, 0.2) is 5.96 Å². The number of hydrogen-bond acceptors (Lipinski definition) is 4. The van der Waals surface area contributed by atoms with Crippen molar-refractivity contribution < 1.29 is 9.47 Å². The number of benzene rings is 1. The quantitative estimate of drug-likeness (QED) is 0.270. The molecular formula is C21H29IN4O2. The van der Waals surface area contributed by atoms with Gasteiger partial charge in [-0.2, -0.15) is 0 Å². The van der Waals surface area contributed by atoms with Gasteiger partial charge in [0.25, 0.3) is 0 Å². The van der Waals surface area contributed by atoms with Gasteiger partial charge in [-0.15, -0.1) is 24.0 Å². The Balaban J connectivity index is 0.00000280. The largest absolute Gasteiger partial charge is 0.475 e. The van der Waals surface area contributed by atoms with Crippen LogP contribution in [-0.2, 0) is 11.3 Å². The number of aliphatic imine (C=N–C) groups is 1. The number of likely N-dealkylation sites (tertiary alicyclic amines) is 1. The maximum absolute atomic E-state index is 5.73. The Morgan fingerprint density at radius 2 is 1.86 bits per heavy atom. The Bertz CT molecular complexity index is 721. The van der Waals surface area contributed by atoms with Crippen molar-refractivity contribution in [1.29, 1.82) is 0 Å². The summed E-state index contributed by atoms with van der Waals surface area (Å²) in [6.07, 6.45) is 5.43. The summed E-state index contributed by atoms with van der Waals surface area (Å²) in [5.74, 6) is 1.53. The Kier molecular flexibility index (Phi) is 10.1. The number of halogens is 1. The first-order valence-electron chi connectivity index (χ1n) is 9.54. The van der Waals surface area contributed by atoms with Gasteiger partial charge in [0.1, 0.15) is 6.61 Å². The molecule has 0 bridgehead atoms. The van der Waals surface area contributed by atoms with E-state index in [-0.39, 0.29) is 24.0 Å². The van der Waals surface area contributed by atoms with E-state index in [9.17, 15) is 0 Å². The van der Waals surface area contributed by atoms with Crippen LogP contribution in [-0.4, -0.2) is 49.3 Å². The molecular weight excluding hydrogens is 467 g/mol. The van der Waals surface area contributed by atoms with E-state index in [1.165, 1.54) is 19.3 Å². The van der Waals surface area contributed by atoms with Crippen molar-refractivity contribution in [2.75, 3.05) is 38.7 Å². The van der Waals surface area contributed by atoms with E-state index in [1.807, 2.05) is 30.3 Å². The van der Waals surface area contributed by atoms with Crippen LogP contribution in [0.4, 0.5) is 5.69 Å². The molecule has 1 aliphatic rings. The minimum Gasteiger partial charge on any atom is -0.475 e. The second-order valence-electron chi connectivity index (χ2n) is 6.49. The van der Waals surface area contributed by atoms with E-state index in [0.29, 0.717) is 25.6 Å². The fraction of sp³-hybridized carbons (Fsp3) is 0.429. The fourth-order valence-corrected chi connectivity index (χ4v) is 3.03. The van der Waals surface area contributed by atoms with Gasteiger partial charge in [-0.05, 0) is 37.5 Å². The lowest BCUT2D eigenvalue weighted by molar-refractivity contribution is 0.143. The molecule has 28 heavy (non-hydrogen) atoms. The first kappa shape index (κ1) is 22.4. The molecule has 0 spiro atoms. The molecule has 1 aromatic carbocycles. The molecule has 7 heteroatoms. The molecule has 0 amide bonds.